The average Bonchev–Trinajstić information content (AvgIpc) is 2.91. The van der Waals surface area contributed by atoms with Gasteiger partial charge >= 0.3 is 0 Å². The van der Waals surface area contributed by atoms with Crippen LogP contribution in [0.15, 0.2) is 48.5 Å². The predicted molar refractivity (Wildman–Crippen MR) is 141 cm³/mol. The van der Waals surface area contributed by atoms with Crippen LogP contribution in [0.2, 0.25) is 0 Å². The number of rotatable bonds is 14. The van der Waals surface area contributed by atoms with Crippen LogP contribution in [0.5, 0.6) is 0 Å². The van der Waals surface area contributed by atoms with Crippen molar-refractivity contribution in [2.75, 3.05) is 26.8 Å². The van der Waals surface area contributed by atoms with Crippen molar-refractivity contribution in [3.8, 4) is 0 Å². The molecule has 0 spiro atoms. The number of methoxy groups -OCH3 is 1. The molecule has 0 aliphatic rings. The number of benzene rings is 2. The van der Waals surface area contributed by atoms with Crippen LogP contribution in [0, 0.1) is 6.92 Å². The monoisotopic (exact) mass is 532 g/mol. The highest BCUT2D eigenvalue weighted by Crippen LogP contribution is 2.30. The number of carbonyl (C=O) groups excluding carboxylic acids is 2. The van der Waals surface area contributed by atoms with E-state index in [1.165, 1.54) is 31.4 Å². The maximum absolute atomic E-state index is 13.4. The average molecular weight is 533 g/mol. The van der Waals surface area contributed by atoms with E-state index >= 15 is 0 Å². The molecule has 0 heterocycles. The van der Waals surface area contributed by atoms with Crippen molar-refractivity contribution in [1.82, 2.24) is 10.2 Å². The van der Waals surface area contributed by atoms with Gasteiger partial charge in [0.15, 0.2) is 5.72 Å². The van der Waals surface area contributed by atoms with Crippen molar-refractivity contribution in [1.29, 1.82) is 0 Å². The fourth-order valence-electron chi connectivity index (χ4n) is 4.26. The van der Waals surface area contributed by atoms with E-state index in [0.717, 1.165) is 12.8 Å². The maximum Gasteiger partial charge on any atom is 0.253 e. The molecule has 38 heavy (non-hydrogen) atoms. The Morgan fingerprint density at radius 2 is 1.55 bits per heavy atom. The molecule has 2 aromatic rings. The lowest BCUT2D eigenvalue weighted by molar-refractivity contribution is -0.207. The molecule has 0 saturated heterocycles. The van der Waals surface area contributed by atoms with Gasteiger partial charge in [0.2, 0.25) is 0 Å². The van der Waals surface area contributed by atoms with Crippen LogP contribution in [0.25, 0.3) is 0 Å². The summed E-state index contributed by atoms with van der Waals surface area (Å²) >= 11 is 0. The van der Waals surface area contributed by atoms with Gasteiger partial charge in [0.25, 0.3) is 11.8 Å². The highest BCUT2D eigenvalue weighted by atomic mass is 16.5. The molecule has 10 heteroatoms. The molecular formula is C28H40N2O8. The largest absolute Gasteiger partial charge is 0.388 e. The van der Waals surface area contributed by atoms with Gasteiger partial charge < -0.3 is 40.5 Å². The van der Waals surface area contributed by atoms with Crippen LogP contribution >= 0.6 is 0 Å². The van der Waals surface area contributed by atoms with E-state index < -0.39 is 36.0 Å². The molecule has 5 atom stereocenters. The number of aliphatic hydroxyl groups is 5. The Morgan fingerprint density at radius 3 is 2.11 bits per heavy atom. The lowest BCUT2D eigenvalue weighted by Crippen LogP contribution is -2.65. The van der Waals surface area contributed by atoms with Crippen LogP contribution in [0.3, 0.4) is 0 Å². The number of hydrogen-bond acceptors (Lipinski definition) is 8. The van der Waals surface area contributed by atoms with Crippen molar-refractivity contribution in [2.45, 2.75) is 63.8 Å². The lowest BCUT2D eigenvalue weighted by Gasteiger charge is -2.40. The fourth-order valence-corrected chi connectivity index (χ4v) is 4.26. The quantitative estimate of drug-likeness (QED) is 0.198. The Bertz CT molecular complexity index is 1040. The minimum absolute atomic E-state index is 0.000821. The Morgan fingerprint density at radius 1 is 0.974 bits per heavy atom. The number of aliphatic hydroxyl groups excluding tert-OH is 4. The van der Waals surface area contributed by atoms with E-state index in [1.807, 2.05) is 13.8 Å². The molecule has 5 unspecified atom stereocenters. The number of carbonyl (C=O) groups is 2. The SMILES string of the molecule is CCCN(CCC)C(=O)c1cc(C)cc(C(=O)NC(O)(C(O)c2ccccc2)C(O)C(O)C(O)COC)c1. The first-order valence-corrected chi connectivity index (χ1v) is 12.7. The molecule has 10 nitrogen and oxygen atoms in total. The Balaban J connectivity index is 2.47. The van der Waals surface area contributed by atoms with Crippen LogP contribution in [-0.4, -0.2) is 93.1 Å². The zero-order valence-corrected chi connectivity index (χ0v) is 22.4. The number of amides is 2. The van der Waals surface area contributed by atoms with Gasteiger partial charge in [0.05, 0.1) is 6.61 Å². The highest BCUT2D eigenvalue weighted by Gasteiger charge is 2.49. The second-order valence-electron chi connectivity index (χ2n) is 9.43. The first-order chi connectivity index (χ1) is 18.0. The summed E-state index contributed by atoms with van der Waals surface area (Å²) in [5.41, 5.74) is -1.81. The predicted octanol–water partition coefficient (Wildman–Crippen LogP) is 1.14. The van der Waals surface area contributed by atoms with Crippen LogP contribution in [0.1, 0.15) is 64.6 Å². The molecule has 0 aliphatic carbocycles. The van der Waals surface area contributed by atoms with E-state index in [1.54, 1.807) is 36.1 Å². The molecule has 0 saturated carbocycles. The summed E-state index contributed by atoms with van der Waals surface area (Å²) in [4.78, 5) is 28.2. The summed E-state index contributed by atoms with van der Waals surface area (Å²) < 4.78 is 4.80. The summed E-state index contributed by atoms with van der Waals surface area (Å²) in [5.74, 6) is -1.16. The van der Waals surface area contributed by atoms with Gasteiger partial charge in [-0.1, -0.05) is 44.2 Å². The third kappa shape index (κ3) is 7.59. The Kier molecular flexibility index (Phi) is 11.8. The van der Waals surface area contributed by atoms with E-state index in [0.29, 0.717) is 18.7 Å². The third-order valence-electron chi connectivity index (χ3n) is 6.21. The van der Waals surface area contributed by atoms with Crippen LogP contribution in [0.4, 0.5) is 0 Å². The molecule has 2 aromatic carbocycles. The molecule has 2 rings (SSSR count). The first-order valence-electron chi connectivity index (χ1n) is 12.7. The number of ether oxygens (including phenoxy) is 1. The summed E-state index contributed by atoms with van der Waals surface area (Å²) in [6, 6.07) is 12.3. The van der Waals surface area contributed by atoms with Gasteiger partial charge in [0.1, 0.15) is 24.4 Å². The van der Waals surface area contributed by atoms with Gasteiger partial charge in [0, 0.05) is 31.3 Å². The smallest absolute Gasteiger partial charge is 0.253 e. The third-order valence-corrected chi connectivity index (χ3v) is 6.21. The standard InChI is InChI=1S/C28H40N2O8/c1-5-12-30(13-6-2)27(36)21-15-18(3)14-20(16-21)26(35)29-28(37,24(33)19-10-8-7-9-11-19)25(34)23(32)22(31)17-38-4/h7-11,14-16,22-25,31-34,37H,5-6,12-13,17H2,1-4H3,(H,29,35). The number of aryl methyl sites for hydroxylation is 1. The van der Waals surface area contributed by atoms with Gasteiger partial charge in [-0.2, -0.15) is 0 Å². The maximum atomic E-state index is 13.4. The topological polar surface area (TPSA) is 160 Å². The number of hydrogen-bond donors (Lipinski definition) is 6. The van der Waals surface area contributed by atoms with Gasteiger partial charge in [-0.05, 0) is 49.1 Å². The lowest BCUT2D eigenvalue weighted by atomic mass is 9.88. The second kappa shape index (κ2) is 14.3. The molecule has 6 N–H and O–H groups in total. The minimum Gasteiger partial charge on any atom is -0.388 e. The molecule has 2 amide bonds. The molecule has 0 aliphatic heterocycles. The van der Waals surface area contributed by atoms with Gasteiger partial charge in [-0.15, -0.1) is 0 Å². The molecule has 210 valence electrons. The van der Waals surface area contributed by atoms with Gasteiger partial charge in [-0.3, -0.25) is 9.59 Å². The normalized spacial score (nSPS) is 16.1. The zero-order chi connectivity index (χ0) is 28.5. The molecule has 0 radical (unpaired) electrons. The molecule has 0 aromatic heterocycles. The molecule has 0 fully saturated rings. The van der Waals surface area contributed by atoms with Gasteiger partial charge in [-0.25, -0.2) is 0 Å². The molecule has 0 bridgehead atoms. The van der Waals surface area contributed by atoms with Crippen LogP contribution in [-0.2, 0) is 4.74 Å². The number of nitrogens with zero attached hydrogens (tertiary/aromatic N) is 1. The Hall–Kier alpha value is -2.86. The van der Waals surface area contributed by atoms with E-state index in [-0.39, 0.29) is 29.2 Å². The van der Waals surface area contributed by atoms with E-state index in [4.69, 9.17) is 4.74 Å². The number of nitrogens with one attached hydrogen (secondary N) is 1. The van der Waals surface area contributed by atoms with Crippen molar-refractivity contribution < 1.29 is 39.9 Å². The fraction of sp³-hybridized carbons (Fsp3) is 0.500. The Labute approximate surface area is 223 Å². The van der Waals surface area contributed by atoms with Crippen molar-refractivity contribution in [3.05, 3.63) is 70.8 Å². The summed E-state index contributed by atoms with van der Waals surface area (Å²) in [6.45, 7) is 6.37. The second-order valence-corrected chi connectivity index (χ2v) is 9.43. The highest BCUT2D eigenvalue weighted by molar-refractivity contribution is 6.00. The summed E-state index contributed by atoms with van der Waals surface area (Å²) in [7, 11) is 1.27. The molecular weight excluding hydrogens is 492 g/mol. The first kappa shape index (κ1) is 31.4. The van der Waals surface area contributed by atoms with Crippen molar-refractivity contribution >= 4 is 11.8 Å². The zero-order valence-electron chi connectivity index (χ0n) is 22.4. The van der Waals surface area contributed by atoms with E-state index in [2.05, 4.69) is 5.32 Å². The van der Waals surface area contributed by atoms with Crippen molar-refractivity contribution in [3.63, 3.8) is 0 Å². The summed E-state index contributed by atoms with van der Waals surface area (Å²) in [5, 5.41) is 56.3. The van der Waals surface area contributed by atoms with E-state index in [9.17, 15) is 35.1 Å². The van der Waals surface area contributed by atoms with Crippen LogP contribution < -0.4 is 5.32 Å². The summed E-state index contributed by atoms with van der Waals surface area (Å²) in [6.07, 6.45) is -6.22. The minimum atomic E-state index is -2.84. The van der Waals surface area contributed by atoms with Crippen molar-refractivity contribution in [2.24, 2.45) is 0 Å².